The van der Waals surface area contributed by atoms with E-state index >= 15 is 0 Å². The summed E-state index contributed by atoms with van der Waals surface area (Å²) in [5, 5.41) is 0. The third-order valence-electron chi connectivity index (χ3n) is 4.14. The second kappa shape index (κ2) is 5.86. The van der Waals surface area contributed by atoms with Crippen molar-refractivity contribution in [3.8, 4) is 0 Å². The van der Waals surface area contributed by atoms with Crippen molar-refractivity contribution in [1.29, 1.82) is 0 Å². The van der Waals surface area contributed by atoms with Crippen LogP contribution in [0.4, 0.5) is 0 Å². The highest BCUT2D eigenvalue weighted by atomic mass is 15.2. The van der Waals surface area contributed by atoms with Gasteiger partial charge in [0.25, 0.3) is 0 Å². The Morgan fingerprint density at radius 2 is 1.33 bits per heavy atom. The largest absolute Gasteiger partial charge is 0.326 e. The van der Waals surface area contributed by atoms with Crippen LogP contribution in [0.2, 0.25) is 0 Å². The van der Waals surface area contributed by atoms with Gasteiger partial charge < -0.3 is 5.73 Å². The van der Waals surface area contributed by atoms with Crippen molar-refractivity contribution in [2.45, 2.75) is 69.9 Å². The third-order valence-corrected chi connectivity index (χ3v) is 4.14. The zero-order chi connectivity index (χ0) is 10.5. The van der Waals surface area contributed by atoms with E-state index in [4.69, 9.17) is 5.73 Å². The van der Waals surface area contributed by atoms with Gasteiger partial charge in [-0.2, -0.15) is 0 Å². The number of rotatable bonds is 1. The SMILES string of the molecule is NC1CCCCC1N1CCCCCCC1. The van der Waals surface area contributed by atoms with E-state index in [1.807, 2.05) is 0 Å². The minimum atomic E-state index is 0.457. The molecule has 1 aliphatic heterocycles. The van der Waals surface area contributed by atoms with Crippen molar-refractivity contribution in [2.24, 2.45) is 5.73 Å². The van der Waals surface area contributed by atoms with Gasteiger partial charge in [-0.3, -0.25) is 4.90 Å². The molecule has 2 aliphatic rings. The van der Waals surface area contributed by atoms with Crippen LogP contribution in [0.1, 0.15) is 57.8 Å². The monoisotopic (exact) mass is 210 g/mol. The first-order chi connectivity index (χ1) is 7.38. The predicted octanol–water partition coefficient (Wildman–Crippen LogP) is 2.52. The molecule has 0 amide bonds. The van der Waals surface area contributed by atoms with Crippen LogP contribution in [0, 0.1) is 0 Å². The quantitative estimate of drug-likeness (QED) is 0.720. The molecule has 0 spiro atoms. The van der Waals surface area contributed by atoms with Crippen LogP contribution < -0.4 is 5.73 Å². The first-order valence-corrected chi connectivity index (χ1v) is 6.87. The van der Waals surface area contributed by atoms with Gasteiger partial charge >= 0.3 is 0 Å². The summed E-state index contributed by atoms with van der Waals surface area (Å²) in [5.41, 5.74) is 6.26. The van der Waals surface area contributed by atoms with Gasteiger partial charge in [-0.15, -0.1) is 0 Å². The lowest BCUT2D eigenvalue weighted by Gasteiger charge is -2.39. The fraction of sp³-hybridized carbons (Fsp3) is 1.00. The van der Waals surface area contributed by atoms with Gasteiger partial charge in [-0.05, 0) is 38.8 Å². The van der Waals surface area contributed by atoms with Crippen LogP contribution in [0.3, 0.4) is 0 Å². The Balaban J connectivity index is 1.87. The van der Waals surface area contributed by atoms with Gasteiger partial charge in [-0.25, -0.2) is 0 Å². The maximum absolute atomic E-state index is 6.26. The molecule has 2 heteroatoms. The third kappa shape index (κ3) is 3.18. The maximum atomic E-state index is 6.26. The molecule has 2 nitrogen and oxygen atoms in total. The Labute approximate surface area is 94.2 Å². The van der Waals surface area contributed by atoms with E-state index in [2.05, 4.69) is 4.90 Å². The molecule has 0 aromatic heterocycles. The average Bonchev–Trinajstić information content (AvgIpc) is 2.19. The van der Waals surface area contributed by atoms with E-state index in [0.29, 0.717) is 12.1 Å². The van der Waals surface area contributed by atoms with Crippen molar-refractivity contribution in [1.82, 2.24) is 4.90 Å². The predicted molar refractivity (Wildman–Crippen MR) is 64.9 cm³/mol. The second-order valence-electron chi connectivity index (χ2n) is 5.32. The molecule has 88 valence electrons. The summed E-state index contributed by atoms with van der Waals surface area (Å²) >= 11 is 0. The van der Waals surface area contributed by atoms with Crippen molar-refractivity contribution >= 4 is 0 Å². The van der Waals surface area contributed by atoms with Crippen LogP contribution in [0.25, 0.3) is 0 Å². The molecule has 1 saturated heterocycles. The van der Waals surface area contributed by atoms with E-state index in [-0.39, 0.29) is 0 Å². The average molecular weight is 210 g/mol. The number of nitrogens with two attached hydrogens (primary N) is 1. The Morgan fingerprint density at radius 1 is 0.733 bits per heavy atom. The number of hydrogen-bond donors (Lipinski definition) is 1. The summed E-state index contributed by atoms with van der Waals surface area (Å²) in [6.07, 6.45) is 12.4. The fourth-order valence-electron chi connectivity index (χ4n) is 3.20. The number of likely N-dealkylation sites (tertiary alicyclic amines) is 1. The Morgan fingerprint density at radius 3 is 2.00 bits per heavy atom. The first kappa shape index (κ1) is 11.4. The molecule has 0 aromatic carbocycles. The molecule has 1 aliphatic carbocycles. The van der Waals surface area contributed by atoms with E-state index in [1.54, 1.807) is 0 Å². The Kier molecular flexibility index (Phi) is 4.45. The van der Waals surface area contributed by atoms with Crippen molar-refractivity contribution in [3.05, 3.63) is 0 Å². The summed E-state index contributed by atoms with van der Waals surface area (Å²) < 4.78 is 0. The second-order valence-corrected chi connectivity index (χ2v) is 5.32. The Bertz CT molecular complexity index is 173. The van der Waals surface area contributed by atoms with Crippen LogP contribution in [-0.2, 0) is 0 Å². The lowest BCUT2D eigenvalue weighted by Crippen LogP contribution is -2.50. The number of hydrogen-bond acceptors (Lipinski definition) is 2. The lowest BCUT2D eigenvalue weighted by molar-refractivity contribution is 0.126. The Hall–Kier alpha value is -0.0800. The van der Waals surface area contributed by atoms with Crippen LogP contribution in [0.5, 0.6) is 0 Å². The highest BCUT2D eigenvalue weighted by Crippen LogP contribution is 2.24. The molecule has 1 saturated carbocycles. The summed E-state index contributed by atoms with van der Waals surface area (Å²) in [5.74, 6) is 0. The normalized spacial score (nSPS) is 35.8. The van der Waals surface area contributed by atoms with Crippen LogP contribution in [-0.4, -0.2) is 30.1 Å². The van der Waals surface area contributed by atoms with Crippen molar-refractivity contribution in [3.63, 3.8) is 0 Å². The van der Waals surface area contributed by atoms with Gasteiger partial charge in [0.15, 0.2) is 0 Å². The van der Waals surface area contributed by atoms with Gasteiger partial charge in [0.1, 0.15) is 0 Å². The van der Waals surface area contributed by atoms with Crippen LogP contribution in [0.15, 0.2) is 0 Å². The molecule has 2 fully saturated rings. The van der Waals surface area contributed by atoms with E-state index in [9.17, 15) is 0 Å². The highest BCUT2D eigenvalue weighted by Gasteiger charge is 2.27. The van der Waals surface area contributed by atoms with Gasteiger partial charge in [-0.1, -0.05) is 32.1 Å². The summed E-state index contributed by atoms with van der Waals surface area (Å²) in [6.45, 7) is 2.61. The molecule has 2 atom stereocenters. The van der Waals surface area contributed by atoms with Gasteiger partial charge in [0.05, 0.1) is 0 Å². The number of nitrogens with zero attached hydrogens (tertiary/aromatic N) is 1. The molecule has 2 rings (SSSR count). The fourth-order valence-corrected chi connectivity index (χ4v) is 3.20. The van der Waals surface area contributed by atoms with E-state index in [1.165, 1.54) is 70.9 Å². The highest BCUT2D eigenvalue weighted by molar-refractivity contribution is 4.86. The molecule has 0 aromatic rings. The van der Waals surface area contributed by atoms with Gasteiger partial charge in [0.2, 0.25) is 0 Å². The molecule has 2 unspecified atom stereocenters. The zero-order valence-electron chi connectivity index (χ0n) is 9.96. The molecular formula is C13H26N2. The molecule has 0 bridgehead atoms. The summed E-state index contributed by atoms with van der Waals surface area (Å²) in [6, 6.07) is 1.16. The minimum Gasteiger partial charge on any atom is -0.326 e. The van der Waals surface area contributed by atoms with Crippen LogP contribution >= 0.6 is 0 Å². The van der Waals surface area contributed by atoms with Gasteiger partial charge in [0, 0.05) is 12.1 Å². The molecule has 15 heavy (non-hydrogen) atoms. The smallest absolute Gasteiger partial charge is 0.0247 e. The lowest BCUT2D eigenvalue weighted by atomic mass is 9.89. The molecule has 1 heterocycles. The van der Waals surface area contributed by atoms with E-state index in [0.717, 1.165) is 0 Å². The minimum absolute atomic E-state index is 0.457. The molecule has 0 radical (unpaired) electrons. The zero-order valence-corrected chi connectivity index (χ0v) is 9.96. The summed E-state index contributed by atoms with van der Waals surface area (Å²) in [7, 11) is 0. The maximum Gasteiger partial charge on any atom is 0.0247 e. The van der Waals surface area contributed by atoms with E-state index < -0.39 is 0 Å². The van der Waals surface area contributed by atoms with Crippen molar-refractivity contribution in [2.75, 3.05) is 13.1 Å². The topological polar surface area (TPSA) is 29.3 Å². The molecule has 2 N–H and O–H groups in total. The van der Waals surface area contributed by atoms with Crippen molar-refractivity contribution < 1.29 is 0 Å². The molecular weight excluding hydrogens is 184 g/mol. The first-order valence-electron chi connectivity index (χ1n) is 6.87. The summed E-state index contributed by atoms with van der Waals surface area (Å²) in [4.78, 5) is 2.70. The standard InChI is InChI=1S/C13H26N2/c14-12-8-4-5-9-13(12)15-10-6-2-1-3-7-11-15/h12-13H,1-11,14H2.